The smallest absolute Gasteiger partial charge is 0.116 e. The van der Waals surface area contributed by atoms with Gasteiger partial charge in [-0.25, -0.2) is 14.6 Å². The number of pyridine rings is 1. The van der Waals surface area contributed by atoms with Gasteiger partial charge in [-0.1, -0.05) is 23.4 Å². The van der Waals surface area contributed by atoms with E-state index in [-0.39, 0.29) is 6.04 Å². The predicted octanol–water partition coefficient (Wildman–Crippen LogP) is 2.73. The summed E-state index contributed by atoms with van der Waals surface area (Å²) >= 11 is 0. The molecular formula is C23H23N7O. The Morgan fingerprint density at radius 1 is 0.968 bits per heavy atom. The number of fused-ring (bicyclic) bond motifs is 2. The van der Waals surface area contributed by atoms with E-state index in [9.17, 15) is 5.11 Å². The molecule has 0 unspecified atom stereocenters. The molecule has 0 amide bonds. The molecule has 8 nitrogen and oxygen atoms in total. The monoisotopic (exact) mass is 413 g/mol. The Bertz CT molecular complexity index is 1210. The Morgan fingerprint density at radius 3 is 2.65 bits per heavy atom. The Hall–Kier alpha value is -3.39. The van der Waals surface area contributed by atoms with Gasteiger partial charge in [0.25, 0.3) is 0 Å². The Kier molecular flexibility index (Phi) is 4.38. The first-order chi connectivity index (χ1) is 15.3. The molecule has 8 heteroatoms. The van der Waals surface area contributed by atoms with E-state index < -0.39 is 6.10 Å². The number of aliphatic hydroxyl groups excluding tert-OH is 1. The summed E-state index contributed by atoms with van der Waals surface area (Å²) in [5, 5.41) is 20.7. The third kappa shape index (κ3) is 3.23. The van der Waals surface area contributed by atoms with Gasteiger partial charge in [0, 0.05) is 48.3 Å². The molecule has 2 fully saturated rings. The molecular weight excluding hydrogens is 390 g/mol. The third-order valence-electron chi connectivity index (χ3n) is 6.78. The minimum Gasteiger partial charge on any atom is -0.391 e. The summed E-state index contributed by atoms with van der Waals surface area (Å²) in [6, 6.07) is 10.3. The Morgan fingerprint density at radius 2 is 1.77 bits per heavy atom. The summed E-state index contributed by atoms with van der Waals surface area (Å²) in [6.45, 7) is 1.95. The van der Waals surface area contributed by atoms with Crippen LogP contribution >= 0.6 is 0 Å². The molecule has 1 saturated heterocycles. The van der Waals surface area contributed by atoms with Crippen LogP contribution in [-0.4, -0.2) is 54.2 Å². The number of benzene rings is 1. The fraction of sp³-hybridized carbons (Fsp3) is 0.348. The molecule has 1 aromatic carbocycles. The second-order valence-corrected chi connectivity index (χ2v) is 8.59. The molecule has 1 aliphatic heterocycles. The van der Waals surface area contributed by atoms with Crippen molar-refractivity contribution < 1.29 is 5.11 Å². The first kappa shape index (κ1) is 18.4. The van der Waals surface area contributed by atoms with E-state index in [1.54, 1.807) is 12.4 Å². The molecule has 3 aromatic heterocycles. The fourth-order valence-corrected chi connectivity index (χ4v) is 5.25. The first-order valence-electron chi connectivity index (χ1n) is 10.7. The first-order valence-corrected chi connectivity index (χ1v) is 10.7. The predicted molar refractivity (Wildman–Crippen MR) is 116 cm³/mol. The van der Waals surface area contributed by atoms with Gasteiger partial charge in [0.15, 0.2) is 0 Å². The van der Waals surface area contributed by atoms with E-state index in [2.05, 4.69) is 54.4 Å². The molecule has 0 bridgehead atoms. The van der Waals surface area contributed by atoms with E-state index in [1.165, 1.54) is 17.4 Å². The molecule has 2 aliphatic rings. The SMILES string of the molecule is O[C@@H]1C[C@H]2CN(c3ccnc4ccccc34)C[C@H]2C[C@H]1n1cc(-c2cncnc2)nn1. The van der Waals surface area contributed by atoms with Crippen LogP contribution in [0.1, 0.15) is 18.9 Å². The zero-order valence-corrected chi connectivity index (χ0v) is 17.0. The molecule has 4 heterocycles. The molecule has 31 heavy (non-hydrogen) atoms. The molecule has 6 rings (SSSR count). The van der Waals surface area contributed by atoms with Gasteiger partial charge in [0.1, 0.15) is 12.0 Å². The highest BCUT2D eigenvalue weighted by atomic mass is 16.3. The fourth-order valence-electron chi connectivity index (χ4n) is 5.25. The van der Waals surface area contributed by atoms with Crippen molar-refractivity contribution in [2.45, 2.75) is 25.0 Å². The number of rotatable bonds is 3. The van der Waals surface area contributed by atoms with Gasteiger partial charge in [-0.15, -0.1) is 5.10 Å². The van der Waals surface area contributed by atoms with Crippen LogP contribution in [0.15, 0.2) is 61.4 Å². The van der Waals surface area contributed by atoms with Gasteiger partial charge in [-0.05, 0) is 36.8 Å². The lowest BCUT2D eigenvalue weighted by Crippen LogP contribution is -2.36. The van der Waals surface area contributed by atoms with Crippen molar-refractivity contribution in [3.05, 3.63) is 61.4 Å². The van der Waals surface area contributed by atoms with Crippen LogP contribution in [0.3, 0.4) is 0 Å². The highest BCUT2D eigenvalue weighted by Gasteiger charge is 2.43. The van der Waals surface area contributed by atoms with Crippen LogP contribution in [0.5, 0.6) is 0 Å². The number of aromatic nitrogens is 6. The second kappa shape index (κ2) is 7.39. The lowest BCUT2D eigenvalue weighted by molar-refractivity contribution is 0.0299. The Labute approximate surface area is 179 Å². The van der Waals surface area contributed by atoms with E-state index in [4.69, 9.17) is 0 Å². The second-order valence-electron chi connectivity index (χ2n) is 8.59. The molecule has 4 aromatic rings. The molecule has 156 valence electrons. The van der Waals surface area contributed by atoms with Crippen molar-refractivity contribution in [1.82, 2.24) is 29.9 Å². The minimum absolute atomic E-state index is 0.0683. The Balaban J connectivity index is 1.24. The van der Waals surface area contributed by atoms with E-state index in [0.717, 1.165) is 42.7 Å². The maximum Gasteiger partial charge on any atom is 0.116 e. The zero-order chi connectivity index (χ0) is 20.8. The molecule has 1 aliphatic carbocycles. The standard InChI is InChI=1S/C23H23N7O/c31-23-8-16-12-29(21-5-6-26-19-4-2-1-3-18(19)21)11-15(16)7-22(23)30-13-20(27-28-30)17-9-24-14-25-10-17/h1-6,9-10,13-16,22-23,31H,7-8,11-12H2/t15-,16+,22-,23-/m1/s1. The number of hydrogen-bond donors (Lipinski definition) is 1. The highest BCUT2D eigenvalue weighted by molar-refractivity contribution is 5.91. The summed E-state index contributed by atoms with van der Waals surface area (Å²) in [5.41, 5.74) is 3.81. The zero-order valence-electron chi connectivity index (χ0n) is 17.0. The van der Waals surface area contributed by atoms with Crippen LogP contribution in [0, 0.1) is 11.8 Å². The molecule has 1 saturated carbocycles. The van der Waals surface area contributed by atoms with Gasteiger partial charge < -0.3 is 10.0 Å². The molecule has 4 atom stereocenters. The van der Waals surface area contributed by atoms with Crippen LogP contribution in [0.4, 0.5) is 5.69 Å². The maximum absolute atomic E-state index is 10.9. The summed E-state index contributed by atoms with van der Waals surface area (Å²) in [6.07, 6.45) is 9.97. The molecule has 1 N–H and O–H groups in total. The van der Waals surface area contributed by atoms with Crippen LogP contribution < -0.4 is 4.90 Å². The van der Waals surface area contributed by atoms with Crippen molar-refractivity contribution in [3.8, 4) is 11.3 Å². The van der Waals surface area contributed by atoms with Gasteiger partial charge in [-0.2, -0.15) is 0 Å². The van der Waals surface area contributed by atoms with Crippen LogP contribution in [0.25, 0.3) is 22.2 Å². The molecule has 0 radical (unpaired) electrons. The summed E-state index contributed by atoms with van der Waals surface area (Å²) < 4.78 is 1.83. The average molecular weight is 413 g/mol. The average Bonchev–Trinajstić information content (AvgIpc) is 3.46. The van der Waals surface area contributed by atoms with Crippen molar-refractivity contribution in [3.63, 3.8) is 0 Å². The molecule has 0 spiro atoms. The number of para-hydroxylation sites is 1. The number of hydrogen-bond acceptors (Lipinski definition) is 7. The van der Waals surface area contributed by atoms with E-state index >= 15 is 0 Å². The minimum atomic E-state index is -0.433. The van der Waals surface area contributed by atoms with Crippen molar-refractivity contribution in [2.24, 2.45) is 11.8 Å². The lowest BCUT2D eigenvalue weighted by Gasteiger charge is -2.34. The van der Waals surface area contributed by atoms with Crippen LogP contribution in [0.2, 0.25) is 0 Å². The van der Waals surface area contributed by atoms with Crippen LogP contribution in [-0.2, 0) is 0 Å². The summed E-state index contributed by atoms with van der Waals surface area (Å²) in [5.74, 6) is 0.983. The van der Waals surface area contributed by atoms with E-state index in [1.807, 2.05) is 23.1 Å². The van der Waals surface area contributed by atoms with Gasteiger partial charge in [0.2, 0.25) is 0 Å². The maximum atomic E-state index is 10.9. The quantitative estimate of drug-likeness (QED) is 0.552. The van der Waals surface area contributed by atoms with Gasteiger partial charge >= 0.3 is 0 Å². The van der Waals surface area contributed by atoms with E-state index in [0.29, 0.717) is 11.8 Å². The highest BCUT2D eigenvalue weighted by Crippen LogP contribution is 2.43. The summed E-state index contributed by atoms with van der Waals surface area (Å²) in [7, 11) is 0. The lowest BCUT2D eigenvalue weighted by atomic mass is 9.77. The van der Waals surface area contributed by atoms with Crippen molar-refractivity contribution >= 4 is 16.6 Å². The number of aliphatic hydroxyl groups is 1. The largest absolute Gasteiger partial charge is 0.391 e. The summed E-state index contributed by atoms with van der Waals surface area (Å²) in [4.78, 5) is 15.1. The van der Waals surface area contributed by atoms with Crippen molar-refractivity contribution in [2.75, 3.05) is 18.0 Å². The number of nitrogens with zero attached hydrogens (tertiary/aromatic N) is 7. The van der Waals surface area contributed by atoms with Gasteiger partial charge in [-0.3, -0.25) is 4.98 Å². The third-order valence-corrected chi connectivity index (χ3v) is 6.78. The normalized spacial score (nSPS) is 25.6. The topological polar surface area (TPSA) is 92.8 Å². The van der Waals surface area contributed by atoms with Crippen molar-refractivity contribution in [1.29, 1.82) is 0 Å². The van der Waals surface area contributed by atoms with Gasteiger partial charge in [0.05, 0.1) is 23.9 Å². The number of anilines is 1.